The lowest BCUT2D eigenvalue weighted by molar-refractivity contribution is 0.102. The number of halogens is 1. The van der Waals surface area contributed by atoms with Crippen molar-refractivity contribution < 1.29 is 13.9 Å². The van der Waals surface area contributed by atoms with Crippen LogP contribution in [0, 0.1) is 17.1 Å². The molecule has 1 amide bonds. The van der Waals surface area contributed by atoms with Gasteiger partial charge in [-0.25, -0.2) is 19.3 Å². The Morgan fingerprint density at radius 2 is 2.19 bits per heavy atom. The molecule has 11 heteroatoms. The van der Waals surface area contributed by atoms with Gasteiger partial charge < -0.3 is 20.4 Å². The first-order valence-electron chi connectivity index (χ1n) is 9.13. The van der Waals surface area contributed by atoms with Crippen molar-refractivity contribution in [3.63, 3.8) is 0 Å². The van der Waals surface area contributed by atoms with Crippen LogP contribution in [0.15, 0.2) is 41.8 Å². The molecule has 0 fully saturated rings. The molecule has 0 bridgehead atoms. The van der Waals surface area contributed by atoms with Crippen LogP contribution in [0.4, 0.5) is 10.1 Å². The van der Waals surface area contributed by atoms with E-state index in [1.807, 2.05) is 6.07 Å². The fourth-order valence-electron chi connectivity index (χ4n) is 3.37. The third-order valence-electron chi connectivity index (χ3n) is 4.84. The van der Waals surface area contributed by atoms with E-state index in [1.54, 1.807) is 17.7 Å². The van der Waals surface area contributed by atoms with Gasteiger partial charge in [0.1, 0.15) is 23.1 Å². The predicted octanol–water partition coefficient (Wildman–Crippen LogP) is 1.58. The highest BCUT2D eigenvalue weighted by Crippen LogP contribution is 2.34. The van der Waals surface area contributed by atoms with E-state index in [2.05, 4.69) is 25.3 Å². The van der Waals surface area contributed by atoms with Crippen LogP contribution in [0.5, 0.6) is 5.88 Å². The van der Waals surface area contributed by atoms with E-state index in [9.17, 15) is 9.18 Å². The van der Waals surface area contributed by atoms with Crippen molar-refractivity contribution in [3.8, 4) is 11.9 Å². The number of methoxy groups -OCH3 is 1. The highest BCUT2D eigenvalue weighted by molar-refractivity contribution is 6.02. The smallest absolute Gasteiger partial charge is 0.275 e. The summed E-state index contributed by atoms with van der Waals surface area (Å²) >= 11 is 0. The summed E-state index contributed by atoms with van der Waals surface area (Å²) in [5.74, 6) is -0.292. The van der Waals surface area contributed by atoms with Crippen molar-refractivity contribution in [2.75, 3.05) is 12.4 Å². The first-order chi connectivity index (χ1) is 14.8. The number of carbonyl (C=O) groups excluding carboxylic acids is 1. The standard InChI is InChI=1S/C20H17FN8O2/c1-20(10-29-9-12(6-22)26-18(29)17(23)28-20)13-5-11(3-4-14(13)21)27-19(30)15-7-25-16(31-2)8-24-15/h3-5,7-9H,10H2,1-2H3,(H2,23,28)(H,27,30). The van der Waals surface area contributed by atoms with Crippen LogP contribution in [0.25, 0.3) is 0 Å². The second-order valence-corrected chi connectivity index (χ2v) is 7.05. The Morgan fingerprint density at radius 3 is 2.87 bits per heavy atom. The molecule has 1 atom stereocenters. The van der Waals surface area contributed by atoms with Gasteiger partial charge in [0.15, 0.2) is 17.4 Å². The van der Waals surface area contributed by atoms with Crippen molar-refractivity contribution in [1.29, 1.82) is 5.26 Å². The molecule has 0 saturated heterocycles. The van der Waals surface area contributed by atoms with Gasteiger partial charge in [0.05, 0.1) is 26.0 Å². The van der Waals surface area contributed by atoms with Gasteiger partial charge in [-0.05, 0) is 25.1 Å². The minimum Gasteiger partial charge on any atom is -0.480 e. The molecule has 3 N–H and O–H groups in total. The monoisotopic (exact) mass is 420 g/mol. The fraction of sp³-hybridized carbons (Fsp3) is 0.200. The van der Waals surface area contributed by atoms with E-state index in [1.165, 1.54) is 37.7 Å². The molecule has 1 unspecified atom stereocenters. The molecule has 3 aromatic rings. The summed E-state index contributed by atoms with van der Waals surface area (Å²) in [7, 11) is 1.44. The number of imidazole rings is 1. The van der Waals surface area contributed by atoms with E-state index in [0.717, 1.165) is 0 Å². The van der Waals surface area contributed by atoms with Gasteiger partial charge in [0.25, 0.3) is 5.91 Å². The summed E-state index contributed by atoms with van der Waals surface area (Å²) in [6, 6.07) is 6.12. The second kappa shape index (κ2) is 7.49. The SMILES string of the molecule is COc1cnc(C(=O)Nc2ccc(F)c(C3(C)Cn4cc(C#N)nc4C(N)=N3)c2)cn1. The Bertz CT molecular complexity index is 1250. The topological polar surface area (TPSA) is 144 Å². The van der Waals surface area contributed by atoms with Crippen LogP contribution in [-0.2, 0) is 12.1 Å². The second-order valence-electron chi connectivity index (χ2n) is 7.05. The molecule has 1 aliphatic heterocycles. The lowest BCUT2D eigenvalue weighted by Gasteiger charge is -2.31. The normalized spacial score (nSPS) is 17.3. The zero-order valence-corrected chi connectivity index (χ0v) is 16.6. The van der Waals surface area contributed by atoms with Crippen LogP contribution in [0.2, 0.25) is 0 Å². The van der Waals surface area contributed by atoms with Gasteiger partial charge in [0.2, 0.25) is 5.88 Å². The fourth-order valence-corrected chi connectivity index (χ4v) is 3.37. The van der Waals surface area contributed by atoms with Crippen LogP contribution in [0.3, 0.4) is 0 Å². The first kappa shape index (κ1) is 20.0. The van der Waals surface area contributed by atoms with E-state index in [0.29, 0.717) is 11.5 Å². The van der Waals surface area contributed by atoms with Crippen LogP contribution in [-0.4, -0.2) is 38.4 Å². The lowest BCUT2D eigenvalue weighted by atomic mass is 9.90. The number of nitrogens with two attached hydrogens (primary N) is 1. The van der Waals surface area contributed by atoms with E-state index >= 15 is 0 Å². The number of aliphatic imine (C=N–C) groups is 1. The summed E-state index contributed by atoms with van der Waals surface area (Å²) in [4.78, 5) is 29.0. The van der Waals surface area contributed by atoms with Crippen molar-refractivity contribution in [1.82, 2.24) is 19.5 Å². The number of carbonyl (C=O) groups is 1. The van der Waals surface area contributed by atoms with E-state index < -0.39 is 17.3 Å². The third kappa shape index (κ3) is 3.66. The summed E-state index contributed by atoms with van der Waals surface area (Å²) in [6.45, 7) is 1.93. The van der Waals surface area contributed by atoms with Gasteiger partial charge >= 0.3 is 0 Å². The number of aromatic nitrogens is 4. The molecule has 3 heterocycles. The number of fused-ring (bicyclic) bond motifs is 1. The van der Waals surface area contributed by atoms with Crippen LogP contribution in [0.1, 0.15) is 34.5 Å². The molecule has 0 radical (unpaired) electrons. The molecule has 0 spiro atoms. The van der Waals surface area contributed by atoms with Crippen LogP contribution >= 0.6 is 0 Å². The number of amidine groups is 1. The Morgan fingerprint density at radius 1 is 1.39 bits per heavy atom. The zero-order valence-electron chi connectivity index (χ0n) is 16.6. The number of anilines is 1. The van der Waals surface area contributed by atoms with Gasteiger partial charge in [-0.15, -0.1) is 0 Å². The summed E-state index contributed by atoms with van der Waals surface area (Å²) in [5.41, 5.74) is 5.81. The van der Waals surface area contributed by atoms with Crippen molar-refractivity contribution in [2.24, 2.45) is 10.7 Å². The van der Waals surface area contributed by atoms with Gasteiger partial charge in [-0.1, -0.05) is 0 Å². The maximum atomic E-state index is 14.8. The van der Waals surface area contributed by atoms with Gasteiger partial charge in [-0.2, -0.15) is 5.26 Å². The number of hydrogen-bond donors (Lipinski definition) is 2. The highest BCUT2D eigenvalue weighted by Gasteiger charge is 2.35. The number of benzene rings is 1. The minimum absolute atomic E-state index is 0.0740. The molecule has 156 valence electrons. The van der Waals surface area contributed by atoms with Gasteiger partial charge in [0, 0.05) is 17.4 Å². The Hall–Kier alpha value is -4.33. The number of hydrogen-bond acceptors (Lipinski definition) is 8. The maximum Gasteiger partial charge on any atom is 0.275 e. The molecule has 10 nitrogen and oxygen atoms in total. The molecular formula is C20H17FN8O2. The molecular weight excluding hydrogens is 403 g/mol. The summed E-state index contributed by atoms with van der Waals surface area (Å²) < 4.78 is 21.4. The quantitative estimate of drug-likeness (QED) is 0.652. The summed E-state index contributed by atoms with van der Waals surface area (Å²) in [5, 5.41) is 11.8. The zero-order chi connectivity index (χ0) is 22.2. The predicted molar refractivity (Wildman–Crippen MR) is 108 cm³/mol. The average molecular weight is 420 g/mol. The number of nitriles is 1. The minimum atomic E-state index is -1.07. The molecule has 4 rings (SSSR count). The molecule has 0 aliphatic carbocycles. The average Bonchev–Trinajstić information content (AvgIpc) is 3.18. The molecule has 31 heavy (non-hydrogen) atoms. The number of ether oxygens (including phenoxy) is 1. The maximum absolute atomic E-state index is 14.8. The Balaban J connectivity index is 1.64. The first-order valence-corrected chi connectivity index (χ1v) is 9.13. The molecule has 2 aromatic heterocycles. The molecule has 1 aliphatic rings. The lowest BCUT2D eigenvalue weighted by Crippen LogP contribution is -2.37. The van der Waals surface area contributed by atoms with Crippen LogP contribution < -0.4 is 15.8 Å². The largest absolute Gasteiger partial charge is 0.480 e. The number of nitrogens with zero attached hydrogens (tertiary/aromatic N) is 6. The van der Waals surface area contributed by atoms with Crippen molar-refractivity contribution >= 4 is 17.4 Å². The Labute approximate surface area is 176 Å². The van der Waals surface area contributed by atoms with Gasteiger partial charge in [-0.3, -0.25) is 9.79 Å². The van der Waals surface area contributed by atoms with Crippen molar-refractivity contribution in [2.45, 2.75) is 19.0 Å². The third-order valence-corrected chi connectivity index (χ3v) is 4.84. The summed E-state index contributed by atoms with van der Waals surface area (Å²) in [6.07, 6.45) is 4.14. The highest BCUT2D eigenvalue weighted by atomic mass is 19.1. The Kier molecular flexibility index (Phi) is 4.82. The number of rotatable bonds is 4. The number of nitrogens with one attached hydrogen (secondary N) is 1. The van der Waals surface area contributed by atoms with E-state index in [-0.39, 0.29) is 35.2 Å². The van der Waals surface area contributed by atoms with E-state index in [4.69, 9.17) is 15.7 Å². The number of amides is 1. The molecule has 1 aromatic carbocycles. The molecule has 0 saturated carbocycles. The van der Waals surface area contributed by atoms with Crippen molar-refractivity contribution in [3.05, 3.63) is 65.4 Å².